The lowest BCUT2D eigenvalue weighted by Gasteiger charge is -2.27. The summed E-state index contributed by atoms with van der Waals surface area (Å²) in [5, 5.41) is 14.0. The molecule has 1 saturated heterocycles. The summed E-state index contributed by atoms with van der Waals surface area (Å²) in [6, 6.07) is 2.34. The average Bonchev–Trinajstić information content (AvgIpc) is 2.47. The van der Waals surface area contributed by atoms with Crippen molar-refractivity contribution >= 4 is 23.3 Å². The monoisotopic (exact) mass is 312 g/mol. The Kier molecular flexibility index (Phi) is 5.29. The van der Waals surface area contributed by atoms with E-state index in [4.69, 9.17) is 9.84 Å². The van der Waals surface area contributed by atoms with Crippen LogP contribution < -0.4 is 10.6 Å². The molecule has 3 N–H and O–H groups in total. The van der Waals surface area contributed by atoms with Gasteiger partial charge in [0, 0.05) is 13.2 Å². The molecule has 120 valence electrons. The molecular formula is C14H17FN2O5. The van der Waals surface area contributed by atoms with Crippen molar-refractivity contribution in [1.82, 2.24) is 0 Å². The second-order valence-corrected chi connectivity index (χ2v) is 4.74. The molecule has 7 nitrogen and oxygen atoms in total. The van der Waals surface area contributed by atoms with E-state index in [-0.39, 0.29) is 23.0 Å². The summed E-state index contributed by atoms with van der Waals surface area (Å²) in [6.07, 6.45) is 0.885. The molecule has 1 aromatic rings. The third-order valence-corrected chi connectivity index (χ3v) is 3.23. The van der Waals surface area contributed by atoms with Crippen LogP contribution in [0.4, 0.5) is 15.8 Å². The van der Waals surface area contributed by atoms with Crippen molar-refractivity contribution in [2.24, 2.45) is 0 Å². The molecule has 1 amide bonds. The van der Waals surface area contributed by atoms with Crippen molar-refractivity contribution in [2.45, 2.75) is 12.5 Å². The molecule has 0 unspecified atom stereocenters. The van der Waals surface area contributed by atoms with Crippen LogP contribution in [0.1, 0.15) is 16.8 Å². The zero-order chi connectivity index (χ0) is 16.1. The third-order valence-electron chi connectivity index (χ3n) is 3.23. The number of carbonyl (C=O) groups excluding carboxylic acids is 2. The van der Waals surface area contributed by atoms with Gasteiger partial charge in [-0.15, -0.1) is 0 Å². The molecule has 1 heterocycles. The van der Waals surface area contributed by atoms with Gasteiger partial charge in [-0.05, 0) is 18.6 Å². The first-order chi connectivity index (χ1) is 10.5. The van der Waals surface area contributed by atoms with Gasteiger partial charge in [-0.1, -0.05) is 0 Å². The third kappa shape index (κ3) is 3.71. The minimum absolute atomic E-state index is 0.00578. The van der Waals surface area contributed by atoms with Crippen molar-refractivity contribution in [2.75, 3.05) is 37.5 Å². The number of rotatable bonds is 6. The van der Waals surface area contributed by atoms with Gasteiger partial charge in [0.1, 0.15) is 18.1 Å². The van der Waals surface area contributed by atoms with E-state index in [1.54, 1.807) is 0 Å². The highest BCUT2D eigenvalue weighted by atomic mass is 19.1. The Morgan fingerprint density at radius 3 is 2.77 bits per heavy atom. The summed E-state index contributed by atoms with van der Waals surface area (Å²) in [4.78, 5) is 22.8. The van der Waals surface area contributed by atoms with E-state index >= 15 is 0 Å². The predicted octanol–water partition coefficient (Wildman–Crippen LogP) is 0.744. The molecule has 1 aliphatic rings. The topological polar surface area (TPSA) is 96.9 Å². The van der Waals surface area contributed by atoms with Crippen LogP contribution in [0.2, 0.25) is 0 Å². The lowest BCUT2D eigenvalue weighted by Crippen LogP contribution is -2.33. The fourth-order valence-electron chi connectivity index (χ4n) is 1.96. The van der Waals surface area contributed by atoms with Gasteiger partial charge < -0.3 is 25.2 Å². The van der Waals surface area contributed by atoms with E-state index in [9.17, 15) is 14.0 Å². The minimum Gasteiger partial charge on any atom is -0.465 e. The molecule has 0 radical (unpaired) electrons. The number of halogens is 1. The molecule has 0 aromatic heterocycles. The Bertz CT molecular complexity index is 575. The Labute approximate surface area is 126 Å². The minimum atomic E-state index is -0.804. The van der Waals surface area contributed by atoms with Gasteiger partial charge in [0.05, 0.1) is 24.5 Å². The number of nitrogens with one attached hydrogen (secondary N) is 2. The number of benzene rings is 1. The number of hydrogen-bond donors (Lipinski definition) is 3. The highest BCUT2D eigenvalue weighted by Gasteiger charge is 2.21. The van der Waals surface area contributed by atoms with Gasteiger partial charge in [-0.25, -0.2) is 9.18 Å². The van der Waals surface area contributed by atoms with Crippen molar-refractivity contribution in [3.8, 4) is 0 Å². The molecule has 1 aromatic carbocycles. The summed E-state index contributed by atoms with van der Waals surface area (Å²) in [7, 11) is 1.19. The first-order valence-corrected chi connectivity index (χ1v) is 6.73. The van der Waals surface area contributed by atoms with Crippen LogP contribution in [0.15, 0.2) is 12.1 Å². The van der Waals surface area contributed by atoms with Crippen LogP contribution in [-0.2, 0) is 14.3 Å². The lowest BCUT2D eigenvalue weighted by atomic mass is 10.1. The van der Waals surface area contributed by atoms with Crippen LogP contribution in [0.5, 0.6) is 0 Å². The van der Waals surface area contributed by atoms with Crippen LogP contribution >= 0.6 is 0 Å². The zero-order valence-corrected chi connectivity index (χ0v) is 12.0. The lowest BCUT2D eigenvalue weighted by molar-refractivity contribution is -0.118. The van der Waals surface area contributed by atoms with Gasteiger partial charge in [0.2, 0.25) is 5.91 Å². The smallest absolute Gasteiger partial charge is 0.338 e. The number of anilines is 2. The molecule has 1 aliphatic heterocycles. The normalized spacial score (nSPS) is 16.6. The number of ether oxygens (including phenoxy) is 2. The van der Waals surface area contributed by atoms with E-state index in [2.05, 4.69) is 15.4 Å². The van der Waals surface area contributed by atoms with Gasteiger partial charge in [0.25, 0.3) is 0 Å². The maximum Gasteiger partial charge on any atom is 0.338 e. The number of esters is 1. The maximum atomic E-state index is 14.1. The van der Waals surface area contributed by atoms with Gasteiger partial charge in [-0.3, -0.25) is 4.79 Å². The molecule has 0 spiro atoms. The number of amides is 1. The number of aliphatic hydroxyl groups is 1. The summed E-state index contributed by atoms with van der Waals surface area (Å²) in [5.74, 6) is -2.25. The molecule has 0 saturated carbocycles. The molecule has 0 bridgehead atoms. The fourth-order valence-corrected chi connectivity index (χ4v) is 1.96. The van der Waals surface area contributed by atoms with E-state index in [0.29, 0.717) is 13.2 Å². The number of aliphatic hydroxyl groups excluding tert-OH is 1. The van der Waals surface area contributed by atoms with Crippen LogP contribution in [0.3, 0.4) is 0 Å². The van der Waals surface area contributed by atoms with Gasteiger partial charge in [0.15, 0.2) is 0 Å². The van der Waals surface area contributed by atoms with Gasteiger partial charge >= 0.3 is 5.97 Å². The van der Waals surface area contributed by atoms with Crippen LogP contribution in [-0.4, -0.2) is 50.0 Å². The average molecular weight is 312 g/mol. The number of hydrogen-bond acceptors (Lipinski definition) is 6. The SMILES string of the molecule is COC(=O)c1cc(F)c(NC(=O)CO)c(NC[C@@H]2CCO2)c1. The molecule has 8 heteroatoms. The van der Waals surface area contributed by atoms with Crippen molar-refractivity contribution < 1.29 is 28.6 Å². The fraction of sp³-hybridized carbons (Fsp3) is 0.429. The Hall–Kier alpha value is -2.19. The summed E-state index contributed by atoms with van der Waals surface area (Å²) >= 11 is 0. The van der Waals surface area contributed by atoms with Gasteiger partial charge in [-0.2, -0.15) is 0 Å². The summed E-state index contributed by atoms with van der Waals surface area (Å²) in [6.45, 7) is 0.312. The predicted molar refractivity (Wildman–Crippen MR) is 76.3 cm³/mol. The van der Waals surface area contributed by atoms with Crippen molar-refractivity contribution in [1.29, 1.82) is 0 Å². The van der Waals surface area contributed by atoms with E-state index in [0.717, 1.165) is 12.5 Å². The van der Waals surface area contributed by atoms with E-state index in [1.807, 2.05) is 0 Å². The Morgan fingerprint density at radius 1 is 1.50 bits per heavy atom. The number of methoxy groups -OCH3 is 1. The first-order valence-electron chi connectivity index (χ1n) is 6.73. The first kappa shape index (κ1) is 16.2. The quantitative estimate of drug-likeness (QED) is 0.671. The Morgan fingerprint density at radius 2 is 2.23 bits per heavy atom. The molecule has 0 aliphatic carbocycles. The molecule has 2 rings (SSSR count). The second-order valence-electron chi connectivity index (χ2n) is 4.74. The molecule has 22 heavy (non-hydrogen) atoms. The molecule has 1 atom stereocenters. The molecule has 1 fully saturated rings. The number of carbonyl (C=O) groups is 2. The summed E-state index contributed by atoms with van der Waals surface area (Å²) in [5.41, 5.74) is 0.0998. The highest BCUT2D eigenvalue weighted by molar-refractivity contribution is 5.98. The molecular weight excluding hydrogens is 295 g/mol. The zero-order valence-electron chi connectivity index (χ0n) is 12.0. The van der Waals surface area contributed by atoms with E-state index < -0.39 is 24.3 Å². The van der Waals surface area contributed by atoms with Crippen LogP contribution in [0.25, 0.3) is 0 Å². The summed E-state index contributed by atoms with van der Waals surface area (Å²) < 4.78 is 24.0. The van der Waals surface area contributed by atoms with Crippen molar-refractivity contribution in [3.05, 3.63) is 23.5 Å². The second kappa shape index (κ2) is 7.19. The Balaban J connectivity index is 2.27. The van der Waals surface area contributed by atoms with Crippen molar-refractivity contribution in [3.63, 3.8) is 0 Å². The van der Waals surface area contributed by atoms with Crippen LogP contribution in [0, 0.1) is 5.82 Å². The largest absolute Gasteiger partial charge is 0.465 e. The maximum absolute atomic E-state index is 14.1. The standard InChI is InChI=1S/C14H17FN2O5/c1-21-14(20)8-4-10(15)13(17-12(19)7-18)11(5-8)16-6-9-2-3-22-9/h4-5,9,16,18H,2-3,6-7H2,1H3,(H,17,19)/t9-/m0/s1. The van der Waals surface area contributed by atoms with E-state index in [1.165, 1.54) is 13.2 Å². The highest BCUT2D eigenvalue weighted by Crippen LogP contribution is 2.28.